The Hall–Kier alpha value is -2.06. The lowest BCUT2D eigenvalue weighted by Crippen LogP contribution is -1.93. The Bertz CT molecular complexity index is 614. The second kappa shape index (κ2) is 5.07. The standard InChI is InChI=1S/C13H10BrN3O/c1-8-2-9(7-15)3-13(17-8)18-12-5-10(14)4-11(16)6-12/h2-6H,16H2,1H3. The highest BCUT2D eigenvalue weighted by Gasteiger charge is 2.04. The van der Waals surface area contributed by atoms with Crippen LogP contribution in [0.1, 0.15) is 11.3 Å². The number of benzene rings is 1. The van der Waals surface area contributed by atoms with E-state index >= 15 is 0 Å². The molecule has 18 heavy (non-hydrogen) atoms. The van der Waals surface area contributed by atoms with Gasteiger partial charge < -0.3 is 10.5 Å². The molecule has 0 saturated carbocycles. The summed E-state index contributed by atoms with van der Waals surface area (Å²) in [6.45, 7) is 1.81. The summed E-state index contributed by atoms with van der Waals surface area (Å²) in [5, 5.41) is 8.88. The molecule has 0 aliphatic heterocycles. The lowest BCUT2D eigenvalue weighted by atomic mass is 10.2. The van der Waals surface area contributed by atoms with E-state index in [4.69, 9.17) is 15.7 Å². The number of nitrogens with two attached hydrogens (primary N) is 1. The van der Waals surface area contributed by atoms with Crippen molar-refractivity contribution >= 4 is 21.6 Å². The topological polar surface area (TPSA) is 71.9 Å². The van der Waals surface area contributed by atoms with E-state index in [1.54, 1.807) is 30.3 Å². The van der Waals surface area contributed by atoms with E-state index in [0.717, 1.165) is 10.2 Å². The molecule has 0 fully saturated rings. The van der Waals surface area contributed by atoms with Crippen molar-refractivity contribution in [2.75, 3.05) is 5.73 Å². The number of pyridine rings is 1. The van der Waals surface area contributed by atoms with E-state index in [-0.39, 0.29) is 0 Å². The van der Waals surface area contributed by atoms with Gasteiger partial charge >= 0.3 is 0 Å². The molecule has 0 aliphatic carbocycles. The molecule has 2 rings (SSSR count). The summed E-state index contributed by atoms with van der Waals surface area (Å²) in [6, 6.07) is 10.6. The van der Waals surface area contributed by atoms with Gasteiger partial charge in [-0.05, 0) is 25.1 Å². The van der Waals surface area contributed by atoms with Crippen molar-refractivity contribution < 1.29 is 4.74 Å². The second-order valence-electron chi connectivity index (χ2n) is 3.77. The molecule has 4 nitrogen and oxygen atoms in total. The van der Waals surface area contributed by atoms with Crippen molar-refractivity contribution in [3.63, 3.8) is 0 Å². The molecule has 2 aromatic rings. The Morgan fingerprint density at radius 2 is 2.06 bits per heavy atom. The molecule has 1 heterocycles. The van der Waals surface area contributed by atoms with Crippen LogP contribution in [0.5, 0.6) is 11.6 Å². The molecular weight excluding hydrogens is 294 g/mol. The number of hydrogen-bond donors (Lipinski definition) is 1. The first-order chi connectivity index (χ1) is 8.56. The fraction of sp³-hybridized carbons (Fsp3) is 0.0769. The van der Waals surface area contributed by atoms with Crippen LogP contribution >= 0.6 is 15.9 Å². The second-order valence-corrected chi connectivity index (χ2v) is 4.69. The number of hydrogen-bond acceptors (Lipinski definition) is 4. The van der Waals surface area contributed by atoms with Crippen LogP contribution in [0.25, 0.3) is 0 Å². The summed E-state index contributed by atoms with van der Waals surface area (Å²) >= 11 is 3.34. The van der Waals surface area contributed by atoms with Crippen molar-refractivity contribution in [2.24, 2.45) is 0 Å². The average molecular weight is 304 g/mol. The van der Waals surface area contributed by atoms with Gasteiger partial charge in [0.1, 0.15) is 5.75 Å². The molecule has 0 saturated heterocycles. The Labute approximate surface area is 113 Å². The number of nitriles is 1. The lowest BCUT2D eigenvalue weighted by Gasteiger charge is -2.07. The fourth-order valence-corrected chi connectivity index (χ4v) is 2.01. The Morgan fingerprint density at radius 3 is 2.72 bits per heavy atom. The number of nitrogen functional groups attached to an aromatic ring is 1. The van der Waals surface area contributed by atoms with Crippen LogP contribution in [-0.4, -0.2) is 4.98 Å². The highest BCUT2D eigenvalue weighted by Crippen LogP contribution is 2.27. The van der Waals surface area contributed by atoms with Gasteiger partial charge in [0.25, 0.3) is 0 Å². The van der Waals surface area contributed by atoms with Crippen LogP contribution < -0.4 is 10.5 Å². The van der Waals surface area contributed by atoms with Crippen LogP contribution in [0.4, 0.5) is 5.69 Å². The first-order valence-corrected chi connectivity index (χ1v) is 5.99. The third-order valence-corrected chi connectivity index (χ3v) is 2.63. The van der Waals surface area contributed by atoms with E-state index in [9.17, 15) is 0 Å². The third-order valence-electron chi connectivity index (χ3n) is 2.18. The fourth-order valence-electron chi connectivity index (χ4n) is 1.52. The van der Waals surface area contributed by atoms with Crippen LogP contribution in [-0.2, 0) is 0 Å². The van der Waals surface area contributed by atoms with E-state index in [1.807, 2.05) is 6.92 Å². The van der Waals surface area contributed by atoms with Gasteiger partial charge in [0, 0.05) is 28.0 Å². The van der Waals surface area contributed by atoms with Gasteiger partial charge in [-0.15, -0.1) is 0 Å². The van der Waals surface area contributed by atoms with E-state index in [1.165, 1.54) is 0 Å². The smallest absolute Gasteiger partial charge is 0.220 e. The first kappa shape index (κ1) is 12.4. The van der Waals surface area contributed by atoms with Crippen molar-refractivity contribution in [3.8, 4) is 17.7 Å². The van der Waals surface area contributed by atoms with Gasteiger partial charge in [-0.2, -0.15) is 5.26 Å². The summed E-state index contributed by atoms with van der Waals surface area (Å²) in [7, 11) is 0. The maximum absolute atomic E-state index is 8.88. The van der Waals surface area contributed by atoms with E-state index in [0.29, 0.717) is 22.9 Å². The van der Waals surface area contributed by atoms with Gasteiger partial charge in [0.2, 0.25) is 5.88 Å². The van der Waals surface area contributed by atoms with E-state index < -0.39 is 0 Å². The summed E-state index contributed by atoms with van der Waals surface area (Å²) in [5.41, 5.74) is 7.55. The van der Waals surface area contributed by atoms with E-state index in [2.05, 4.69) is 27.0 Å². The molecule has 0 radical (unpaired) electrons. The third kappa shape index (κ3) is 2.99. The SMILES string of the molecule is Cc1cc(C#N)cc(Oc2cc(N)cc(Br)c2)n1. The minimum Gasteiger partial charge on any atom is -0.439 e. The lowest BCUT2D eigenvalue weighted by molar-refractivity contribution is 0.461. The molecule has 0 amide bonds. The average Bonchev–Trinajstić information content (AvgIpc) is 2.26. The molecular formula is C13H10BrN3O. The molecule has 0 aliphatic rings. The Morgan fingerprint density at radius 1 is 1.28 bits per heavy atom. The summed E-state index contributed by atoms with van der Waals surface area (Å²) in [6.07, 6.45) is 0. The molecule has 0 bridgehead atoms. The number of halogens is 1. The van der Waals surface area contributed by atoms with Crippen molar-refractivity contribution in [1.82, 2.24) is 4.98 Å². The van der Waals surface area contributed by atoms with Gasteiger partial charge in [-0.25, -0.2) is 4.98 Å². The zero-order valence-electron chi connectivity index (χ0n) is 9.64. The zero-order chi connectivity index (χ0) is 13.1. The number of rotatable bonds is 2. The molecule has 2 N–H and O–H groups in total. The minimum atomic E-state index is 0.379. The molecule has 0 atom stereocenters. The zero-order valence-corrected chi connectivity index (χ0v) is 11.2. The largest absolute Gasteiger partial charge is 0.439 e. The molecule has 1 aromatic carbocycles. The summed E-state index contributed by atoms with van der Waals surface area (Å²) in [4.78, 5) is 4.21. The van der Waals surface area contributed by atoms with Gasteiger partial charge in [0.15, 0.2) is 0 Å². The van der Waals surface area contributed by atoms with Crippen LogP contribution in [0, 0.1) is 18.3 Å². The molecule has 1 aromatic heterocycles. The van der Waals surface area contributed by atoms with Gasteiger partial charge in [-0.1, -0.05) is 15.9 Å². The van der Waals surface area contributed by atoms with Crippen molar-refractivity contribution in [2.45, 2.75) is 6.92 Å². The number of aromatic nitrogens is 1. The number of ether oxygens (including phenoxy) is 1. The monoisotopic (exact) mass is 303 g/mol. The summed E-state index contributed by atoms with van der Waals surface area (Å²) in [5.74, 6) is 0.952. The highest BCUT2D eigenvalue weighted by molar-refractivity contribution is 9.10. The Balaban J connectivity index is 2.34. The van der Waals surface area contributed by atoms with Gasteiger partial charge in [-0.3, -0.25) is 0 Å². The quantitative estimate of drug-likeness (QED) is 0.863. The number of anilines is 1. The molecule has 90 valence electrons. The highest BCUT2D eigenvalue weighted by atomic mass is 79.9. The predicted molar refractivity (Wildman–Crippen MR) is 72.3 cm³/mol. The maximum atomic E-state index is 8.88. The van der Waals surface area contributed by atoms with Crippen LogP contribution in [0.3, 0.4) is 0 Å². The van der Waals surface area contributed by atoms with Crippen molar-refractivity contribution in [1.29, 1.82) is 5.26 Å². The minimum absolute atomic E-state index is 0.379. The number of aryl methyl sites for hydroxylation is 1. The molecule has 0 spiro atoms. The number of nitrogens with zero attached hydrogens (tertiary/aromatic N) is 2. The first-order valence-electron chi connectivity index (χ1n) is 5.19. The normalized spacial score (nSPS) is 9.83. The maximum Gasteiger partial charge on any atom is 0.220 e. The van der Waals surface area contributed by atoms with Crippen molar-refractivity contribution in [3.05, 3.63) is 46.1 Å². The predicted octanol–water partition coefficient (Wildman–Crippen LogP) is 3.40. The molecule has 0 unspecified atom stereocenters. The summed E-state index contributed by atoms with van der Waals surface area (Å²) < 4.78 is 6.42. The Kier molecular flexibility index (Phi) is 3.49. The van der Waals surface area contributed by atoms with Gasteiger partial charge in [0.05, 0.1) is 11.6 Å². The van der Waals surface area contributed by atoms with Crippen LogP contribution in [0.2, 0.25) is 0 Å². The van der Waals surface area contributed by atoms with Crippen LogP contribution in [0.15, 0.2) is 34.8 Å². The molecule has 5 heteroatoms.